The maximum Gasteiger partial charge on any atom is 0.358 e. The number of carboxylic acid groups (broad SMARTS) is 1. The fourth-order valence-electron chi connectivity index (χ4n) is 1.70. The van der Waals surface area contributed by atoms with Crippen molar-refractivity contribution in [2.45, 2.75) is 9.79 Å². The lowest BCUT2D eigenvalue weighted by Gasteiger charge is -2.08. The van der Waals surface area contributed by atoms with Crippen molar-refractivity contribution >= 4 is 27.6 Å². The predicted octanol–water partition coefficient (Wildman–Crippen LogP) is 2.30. The largest absolute Gasteiger partial charge is 0.476 e. The number of hydrogen-bond acceptors (Lipinski definition) is 6. The van der Waals surface area contributed by atoms with Crippen LogP contribution in [-0.4, -0.2) is 37.2 Å². The monoisotopic (exact) mass is 331 g/mol. The molecule has 0 amide bonds. The van der Waals surface area contributed by atoms with Gasteiger partial charge in [-0.25, -0.2) is 17.6 Å². The number of aromatic nitrogens is 1. The third kappa shape index (κ3) is 3.08. The Balaban J connectivity index is 2.65. The van der Waals surface area contributed by atoms with E-state index in [0.29, 0.717) is 0 Å². The topological polar surface area (TPSA) is 97.5 Å². The average molecular weight is 331 g/mol. The number of thioether (sulfide) groups is 1. The normalized spacial score (nSPS) is 11.6. The molecule has 0 saturated carbocycles. The molecule has 1 N–H and O–H groups in total. The van der Waals surface area contributed by atoms with Crippen molar-refractivity contribution in [1.82, 2.24) is 5.16 Å². The van der Waals surface area contributed by atoms with Gasteiger partial charge in [-0.05, 0) is 18.4 Å². The van der Waals surface area contributed by atoms with Gasteiger partial charge in [0.2, 0.25) is 0 Å². The third-order valence-corrected chi connectivity index (χ3v) is 4.70. The molecule has 0 atom stereocenters. The van der Waals surface area contributed by atoms with E-state index in [9.17, 15) is 17.6 Å². The van der Waals surface area contributed by atoms with Gasteiger partial charge in [0, 0.05) is 17.9 Å². The van der Waals surface area contributed by atoms with Crippen LogP contribution in [0.2, 0.25) is 0 Å². The Morgan fingerprint density at radius 1 is 1.38 bits per heavy atom. The van der Waals surface area contributed by atoms with Gasteiger partial charge in [0.25, 0.3) is 0 Å². The highest BCUT2D eigenvalue weighted by molar-refractivity contribution is 7.99. The summed E-state index contributed by atoms with van der Waals surface area (Å²) in [6.07, 6.45) is 2.53. The summed E-state index contributed by atoms with van der Waals surface area (Å²) in [6, 6.07) is 3.41. The van der Waals surface area contributed by atoms with Crippen LogP contribution in [0, 0.1) is 5.82 Å². The smallest absolute Gasteiger partial charge is 0.358 e. The Labute approximate surface area is 123 Å². The van der Waals surface area contributed by atoms with Crippen molar-refractivity contribution in [3.05, 3.63) is 29.7 Å². The first-order chi connectivity index (χ1) is 9.74. The number of nitrogens with zero attached hydrogens (tertiary/aromatic N) is 1. The Bertz CT molecular complexity index is 813. The van der Waals surface area contributed by atoms with Gasteiger partial charge < -0.3 is 9.63 Å². The maximum absolute atomic E-state index is 14.0. The van der Waals surface area contributed by atoms with Gasteiger partial charge in [0.15, 0.2) is 21.3 Å². The fourth-order valence-corrected chi connectivity index (χ4v) is 3.69. The minimum absolute atomic E-state index is 0.000719. The minimum Gasteiger partial charge on any atom is -0.476 e. The second-order valence-electron chi connectivity index (χ2n) is 4.14. The van der Waals surface area contributed by atoms with E-state index < -0.39 is 21.6 Å². The van der Waals surface area contributed by atoms with E-state index >= 15 is 0 Å². The van der Waals surface area contributed by atoms with E-state index in [1.807, 2.05) is 0 Å². The number of carboxylic acids is 1. The lowest BCUT2D eigenvalue weighted by atomic mass is 10.1. The average Bonchev–Trinajstić information content (AvgIpc) is 2.86. The van der Waals surface area contributed by atoms with E-state index in [0.717, 1.165) is 30.2 Å². The number of halogens is 1. The number of hydrogen-bond donors (Lipinski definition) is 1. The molecule has 21 heavy (non-hydrogen) atoms. The van der Waals surface area contributed by atoms with E-state index in [2.05, 4.69) is 5.16 Å². The molecule has 0 fully saturated rings. The lowest BCUT2D eigenvalue weighted by molar-refractivity contribution is 0.0686. The summed E-state index contributed by atoms with van der Waals surface area (Å²) in [5.74, 6) is -2.05. The summed E-state index contributed by atoms with van der Waals surface area (Å²) < 4.78 is 42.3. The third-order valence-electron chi connectivity index (χ3n) is 2.63. The number of carbonyl (C=O) groups is 1. The predicted molar refractivity (Wildman–Crippen MR) is 73.7 cm³/mol. The zero-order valence-corrected chi connectivity index (χ0v) is 12.6. The molecule has 112 valence electrons. The van der Waals surface area contributed by atoms with Crippen molar-refractivity contribution in [3.63, 3.8) is 0 Å². The second-order valence-corrected chi connectivity index (χ2v) is 6.94. The van der Waals surface area contributed by atoms with E-state index in [1.165, 1.54) is 6.07 Å². The Kier molecular flexibility index (Phi) is 4.06. The van der Waals surface area contributed by atoms with Crippen LogP contribution in [0.5, 0.6) is 0 Å². The first-order valence-corrected chi connectivity index (χ1v) is 8.63. The van der Waals surface area contributed by atoms with Crippen LogP contribution in [-0.2, 0) is 9.84 Å². The molecule has 1 heterocycles. The summed E-state index contributed by atoms with van der Waals surface area (Å²) in [5, 5.41) is 12.1. The number of aromatic carboxylic acids is 1. The van der Waals surface area contributed by atoms with Crippen LogP contribution in [0.15, 0.2) is 32.5 Å². The summed E-state index contributed by atoms with van der Waals surface area (Å²) in [7, 11) is -3.65. The molecule has 9 heteroatoms. The summed E-state index contributed by atoms with van der Waals surface area (Å²) >= 11 is 0.968. The quantitative estimate of drug-likeness (QED) is 0.858. The van der Waals surface area contributed by atoms with Crippen molar-refractivity contribution < 1.29 is 27.2 Å². The van der Waals surface area contributed by atoms with Gasteiger partial charge in [0.05, 0.1) is 9.79 Å². The molecule has 0 unspecified atom stereocenters. The van der Waals surface area contributed by atoms with Crippen molar-refractivity contribution in [2.24, 2.45) is 0 Å². The van der Waals surface area contributed by atoms with Crippen LogP contribution >= 0.6 is 11.8 Å². The van der Waals surface area contributed by atoms with Crippen LogP contribution in [0.1, 0.15) is 10.5 Å². The highest BCUT2D eigenvalue weighted by atomic mass is 32.2. The highest BCUT2D eigenvalue weighted by Crippen LogP contribution is 2.33. The summed E-state index contributed by atoms with van der Waals surface area (Å²) in [6.45, 7) is 0. The number of benzene rings is 1. The SMILES string of the molecule is CSc1c(F)cc(-c2cc(C(=O)O)no2)cc1S(C)(=O)=O. The van der Waals surface area contributed by atoms with Crippen LogP contribution in [0.25, 0.3) is 11.3 Å². The molecule has 2 rings (SSSR count). The molecular formula is C12H10FNO5S2. The van der Waals surface area contributed by atoms with Gasteiger partial charge in [-0.15, -0.1) is 11.8 Å². The van der Waals surface area contributed by atoms with Gasteiger partial charge in [0.1, 0.15) is 5.82 Å². The Morgan fingerprint density at radius 2 is 2.05 bits per heavy atom. The molecular weight excluding hydrogens is 321 g/mol. The van der Waals surface area contributed by atoms with Crippen molar-refractivity contribution in [3.8, 4) is 11.3 Å². The lowest BCUT2D eigenvalue weighted by Crippen LogP contribution is -2.02. The van der Waals surface area contributed by atoms with E-state index in [-0.39, 0.29) is 26.8 Å². The zero-order chi connectivity index (χ0) is 15.8. The maximum atomic E-state index is 14.0. The minimum atomic E-state index is -3.65. The Morgan fingerprint density at radius 3 is 2.52 bits per heavy atom. The summed E-state index contributed by atoms with van der Waals surface area (Å²) in [5.41, 5.74) is -0.244. The highest BCUT2D eigenvalue weighted by Gasteiger charge is 2.21. The first-order valence-electron chi connectivity index (χ1n) is 5.52. The van der Waals surface area contributed by atoms with E-state index in [4.69, 9.17) is 9.63 Å². The molecule has 0 bridgehead atoms. The summed E-state index contributed by atoms with van der Waals surface area (Å²) in [4.78, 5) is 10.6. The molecule has 0 aliphatic carbocycles. The van der Waals surface area contributed by atoms with E-state index in [1.54, 1.807) is 6.26 Å². The molecule has 0 aliphatic heterocycles. The number of rotatable bonds is 4. The second kappa shape index (κ2) is 5.49. The molecule has 0 radical (unpaired) electrons. The Hall–Kier alpha value is -1.87. The standard InChI is InChI=1S/C12H10FNO5S2/c1-20-11-7(13)3-6(4-10(11)21(2,17)18)9-5-8(12(15)16)14-19-9/h3-5H,1-2H3,(H,15,16). The first kappa shape index (κ1) is 15.5. The molecule has 6 nitrogen and oxygen atoms in total. The fraction of sp³-hybridized carbons (Fsp3) is 0.167. The van der Waals surface area contributed by atoms with Gasteiger partial charge in [-0.1, -0.05) is 5.16 Å². The molecule has 0 saturated heterocycles. The molecule has 0 spiro atoms. The molecule has 0 aliphatic rings. The van der Waals surface area contributed by atoms with Crippen LogP contribution < -0.4 is 0 Å². The van der Waals surface area contributed by atoms with Gasteiger partial charge in [-0.2, -0.15) is 0 Å². The molecule has 2 aromatic rings. The van der Waals surface area contributed by atoms with Gasteiger partial charge >= 0.3 is 5.97 Å². The molecule has 1 aromatic carbocycles. The van der Waals surface area contributed by atoms with Crippen molar-refractivity contribution in [2.75, 3.05) is 12.5 Å². The molecule has 1 aromatic heterocycles. The number of sulfone groups is 1. The van der Waals surface area contributed by atoms with Crippen LogP contribution in [0.4, 0.5) is 4.39 Å². The zero-order valence-electron chi connectivity index (χ0n) is 11.0. The van der Waals surface area contributed by atoms with Gasteiger partial charge in [-0.3, -0.25) is 0 Å². The van der Waals surface area contributed by atoms with Crippen molar-refractivity contribution in [1.29, 1.82) is 0 Å². The van der Waals surface area contributed by atoms with Crippen LogP contribution in [0.3, 0.4) is 0 Å².